The van der Waals surface area contributed by atoms with Gasteiger partial charge in [0.15, 0.2) is 0 Å². The molecule has 0 fully saturated rings. The van der Waals surface area contributed by atoms with Gasteiger partial charge in [-0.1, -0.05) is 23.2 Å². The highest BCUT2D eigenvalue weighted by Crippen LogP contribution is 2.30. The van der Waals surface area contributed by atoms with E-state index in [0.717, 1.165) is 0 Å². The predicted octanol–water partition coefficient (Wildman–Crippen LogP) is 3.63. The lowest BCUT2D eigenvalue weighted by molar-refractivity contribution is 0.359. The molecule has 0 bridgehead atoms. The van der Waals surface area contributed by atoms with Crippen LogP contribution < -0.4 is 9.47 Å². The number of halogens is 3. The molecular weight excluding hydrogens is 300 g/mol. The maximum atomic E-state index is 5.95. The number of nitrogens with zero attached hydrogens (tertiary/aromatic N) is 3. The van der Waals surface area contributed by atoms with Crippen LogP contribution in [-0.4, -0.2) is 22.1 Å². The van der Waals surface area contributed by atoms with Crippen LogP contribution in [0.2, 0.25) is 15.3 Å². The van der Waals surface area contributed by atoms with Crippen LogP contribution >= 0.6 is 34.8 Å². The first-order valence-corrected chi connectivity index (χ1v) is 5.80. The summed E-state index contributed by atoms with van der Waals surface area (Å²) in [4.78, 5) is 11.4. The third-order valence-electron chi connectivity index (χ3n) is 1.84. The number of methoxy groups -OCH3 is 1. The van der Waals surface area contributed by atoms with Gasteiger partial charge in [0.1, 0.15) is 5.75 Å². The molecule has 0 aliphatic carbocycles. The minimum absolute atomic E-state index is 0.0175. The van der Waals surface area contributed by atoms with Gasteiger partial charge < -0.3 is 9.47 Å². The molecule has 2 aromatic rings. The van der Waals surface area contributed by atoms with E-state index in [9.17, 15) is 0 Å². The van der Waals surface area contributed by atoms with Crippen molar-refractivity contribution in [1.82, 2.24) is 15.0 Å². The third kappa shape index (κ3) is 3.13. The minimum Gasteiger partial charge on any atom is -0.467 e. The van der Waals surface area contributed by atoms with Gasteiger partial charge in [0, 0.05) is 5.02 Å². The Morgan fingerprint density at radius 1 is 1.00 bits per heavy atom. The molecule has 0 radical (unpaired) electrons. The average Bonchev–Trinajstić information content (AvgIpc) is 2.32. The van der Waals surface area contributed by atoms with Crippen LogP contribution in [0.1, 0.15) is 0 Å². The SMILES string of the molecule is COc1nc(Cl)nc(Oc2ccc(Cl)cc2Cl)n1. The Balaban J connectivity index is 2.30. The van der Waals surface area contributed by atoms with E-state index in [1.807, 2.05) is 0 Å². The quantitative estimate of drug-likeness (QED) is 0.866. The molecule has 0 amide bonds. The summed E-state index contributed by atoms with van der Waals surface area (Å²) in [5.41, 5.74) is 0. The van der Waals surface area contributed by atoms with Crippen LogP contribution in [0.4, 0.5) is 0 Å². The lowest BCUT2D eigenvalue weighted by Crippen LogP contribution is -1.98. The summed E-state index contributed by atoms with van der Waals surface area (Å²) in [7, 11) is 1.41. The van der Waals surface area contributed by atoms with Crippen molar-refractivity contribution >= 4 is 34.8 Å². The van der Waals surface area contributed by atoms with E-state index in [0.29, 0.717) is 15.8 Å². The molecule has 94 valence electrons. The maximum absolute atomic E-state index is 5.95. The number of benzene rings is 1. The van der Waals surface area contributed by atoms with Crippen molar-refractivity contribution < 1.29 is 9.47 Å². The Bertz CT molecular complexity index is 580. The van der Waals surface area contributed by atoms with Gasteiger partial charge >= 0.3 is 12.0 Å². The van der Waals surface area contributed by atoms with Gasteiger partial charge in [-0.25, -0.2) is 0 Å². The molecular formula is C10H6Cl3N3O2. The summed E-state index contributed by atoms with van der Waals surface area (Å²) in [5, 5.41) is 0.790. The Kier molecular flexibility index (Phi) is 4.06. The van der Waals surface area contributed by atoms with Crippen LogP contribution in [0.25, 0.3) is 0 Å². The minimum atomic E-state index is -0.0399. The lowest BCUT2D eigenvalue weighted by atomic mass is 10.3. The highest BCUT2D eigenvalue weighted by molar-refractivity contribution is 6.35. The van der Waals surface area contributed by atoms with Gasteiger partial charge in [0.05, 0.1) is 12.1 Å². The Hall–Kier alpha value is -1.30. The summed E-state index contributed by atoms with van der Waals surface area (Å²) in [6.45, 7) is 0. The molecule has 0 aliphatic heterocycles. The Labute approximate surface area is 118 Å². The first-order chi connectivity index (χ1) is 8.58. The number of rotatable bonds is 3. The van der Waals surface area contributed by atoms with Crippen molar-refractivity contribution in [2.75, 3.05) is 7.11 Å². The summed E-state index contributed by atoms with van der Waals surface area (Å²) in [6, 6.07) is 4.79. The van der Waals surface area contributed by atoms with E-state index in [1.54, 1.807) is 18.2 Å². The van der Waals surface area contributed by atoms with Crippen molar-refractivity contribution in [3.63, 3.8) is 0 Å². The molecule has 0 unspecified atom stereocenters. The second-order valence-electron chi connectivity index (χ2n) is 3.05. The summed E-state index contributed by atoms with van der Waals surface area (Å²) < 4.78 is 10.2. The number of aromatic nitrogens is 3. The first-order valence-electron chi connectivity index (χ1n) is 4.67. The number of hydrogen-bond acceptors (Lipinski definition) is 5. The molecule has 18 heavy (non-hydrogen) atoms. The fourth-order valence-corrected chi connectivity index (χ4v) is 1.70. The van der Waals surface area contributed by atoms with Gasteiger partial charge in [-0.3, -0.25) is 0 Å². The molecule has 8 heteroatoms. The molecule has 0 spiro atoms. The van der Waals surface area contributed by atoms with E-state index < -0.39 is 0 Å². The Morgan fingerprint density at radius 2 is 1.72 bits per heavy atom. The van der Waals surface area contributed by atoms with Crippen LogP contribution in [0, 0.1) is 0 Å². The molecule has 0 saturated heterocycles. The standard InChI is InChI=1S/C10H6Cl3N3O2/c1-17-9-14-8(13)15-10(16-9)18-7-3-2-5(11)4-6(7)12/h2-4H,1H3. The van der Waals surface area contributed by atoms with Crippen LogP contribution in [0.3, 0.4) is 0 Å². The van der Waals surface area contributed by atoms with Crippen molar-refractivity contribution in [2.24, 2.45) is 0 Å². The van der Waals surface area contributed by atoms with Gasteiger partial charge in [-0.2, -0.15) is 9.97 Å². The van der Waals surface area contributed by atoms with Crippen LogP contribution in [0.5, 0.6) is 17.8 Å². The monoisotopic (exact) mass is 305 g/mol. The van der Waals surface area contributed by atoms with Crippen LogP contribution in [0.15, 0.2) is 18.2 Å². The molecule has 0 N–H and O–H groups in total. The fraction of sp³-hybridized carbons (Fsp3) is 0.100. The van der Waals surface area contributed by atoms with E-state index in [4.69, 9.17) is 44.3 Å². The Morgan fingerprint density at radius 3 is 2.39 bits per heavy atom. The smallest absolute Gasteiger partial charge is 0.329 e. The molecule has 1 heterocycles. The fourth-order valence-electron chi connectivity index (χ4n) is 1.11. The van der Waals surface area contributed by atoms with Crippen molar-refractivity contribution in [3.05, 3.63) is 33.5 Å². The van der Waals surface area contributed by atoms with E-state index in [1.165, 1.54) is 7.11 Å². The van der Waals surface area contributed by atoms with Gasteiger partial charge in [0.2, 0.25) is 5.28 Å². The zero-order valence-electron chi connectivity index (χ0n) is 9.02. The van der Waals surface area contributed by atoms with E-state index in [2.05, 4.69) is 15.0 Å². The molecule has 1 aromatic heterocycles. The summed E-state index contributed by atoms with van der Waals surface area (Å²) >= 11 is 17.4. The van der Waals surface area contributed by atoms with E-state index in [-0.39, 0.29) is 17.3 Å². The molecule has 1 aromatic carbocycles. The second kappa shape index (κ2) is 5.56. The normalized spacial score (nSPS) is 10.2. The van der Waals surface area contributed by atoms with Gasteiger partial charge in [0.25, 0.3) is 0 Å². The summed E-state index contributed by atoms with van der Waals surface area (Å²) in [5.74, 6) is 0.352. The highest BCUT2D eigenvalue weighted by atomic mass is 35.5. The zero-order valence-corrected chi connectivity index (χ0v) is 11.3. The second-order valence-corrected chi connectivity index (χ2v) is 4.23. The first kappa shape index (κ1) is 13.1. The maximum Gasteiger partial charge on any atom is 0.329 e. The number of hydrogen-bond donors (Lipinski definition) is 0. The summed E-state index contributed by atoms with van der Waals surface area (Å²) in [6.07, 6.45) is 0. The topological polar surface area (TPSA) is 57.1 Å². The largest absolute Gasteiger partial charge is 0.467 e. The average molecular weight is 307 g/mol. The molecule has 2 rings (SSSR count). The van der Waals surface area contributed by atoms with Crippen molar-refractivity contribution in [1.29, 1.82) is 0 Å². The molecule has 0 atom stereocenters. The van der Waals surface area contributed by atoms with Crippen LogP contribution in [-0.2, 0) is 0 Å². The lowest BCUT2D eigenvalue weighted by Gasteiger charge is -2.06. The zero-order chi connectivity index (χ0) is 13.1. The van der Waals surface area contributed by atoms with Gasteiger partial charge in [-0.05, 0) is 29.8 Å². The molecule has 0 aliphatic rings. The number of ether oxygens (including phenoxy) is 2. The highest BCUT2D eigenvalue weighted by Gasteiger charge is 2.10. The molecule has 0 saturated carbocycles. The van der Waals surface area contributed by atoms with Crippen molar-refractivity contribution in [3.8, 4) is 17.8 Å². The molecule has 5 nitrogen and oxygen atoms in total. The predicted molar refractivity (Wildman–Crippen MR) is 67.9 cm³/mol. The third-order valence-corrected chi connectivity index (χ3v) is 2.54. The van der Waals surface area contributed by atoms with Crippen molar-refractivity contribution in [2.45, 2.75) is 0 Å². The van der Waals surface area contributed by atoms with Gasteiger partial charge in [-0.15, -0.1) is 4.98 Å². The van der Waals surface area contributed by atoms with E-state index >= 15 is 0 Å².